The molecule has 0 saturated carbocycles. The van der Waals surface area contributed by atoms with Gasteiger partial charge in [0.05, 0.1) is 7.11 Å². The molecule has 0 radical (unpaired) electrons. The van der Waals surface area contributed by atoms with E-state index in [-0.39, 0.29) is 24.2 Å². The molecule has 4 aromatic carbocycles. The Hall–Kier alpha value is -3.86. The molecule has 1 aliphatic heterocycles. The highest BCUT2D eigenvalue weighted by Gasteiger charge is 2.33. The lowest BCUT2D eigenvalue weighted by Gasteiger charge is -2.35. The van der Waals surface area contributed by atoms with Crippen LogP contribution in [0.4, 0.5) is 10.1 Å². The zero-order chi connectivity index (χ0) is 24.4. The number of carbonyl (C=O) groups excluding carboxylic acids is 1. The van der Waals surface area contributed by atoms with Gasteiger partial charge in [-0.25, -0.2) is 4.39 Å². The fourth-order valence-electron chi connectivity index (χ4n) is 4.95. The molecule has 0 N–H and O–H groups in total. The van der Waals surface area contributed by atoms with Crippen LogP contribution in [0, 0.1) is 5.82 Å². The fourth-order valence-corrected chi connectivity index (χ4v) is 4.95. The van der Waals surface area contributed by atoms with Crippen LogP contribution in [0.1, 0.15) is 42.4 Å². The summed E-state index contributed by atoms with van der Waals surface area (Å²) >= 11 is 0. The van der Waals surface area contributed by atoms with Crippen molar-refractivity contribution < 1.29 is 18.7 Å². The number of amides is 1. The Kier molecular flexibility index (Phi) is 6.41. The van der Waals surface area contributed by atoms with E-state index in [0.29, 0.717) is 30.0 Å². The van der Waals surface area contributed by atoms with Gasteiger partial charge in [-0.2, -0.15) is 0 Å². The van der Waals surface area contributed by atoms with E-state index < -0.39 is 0 Å². The summed E-state index contributed by atoms with van der Waals surface area (Å²) in [6.45, 7) is 2.89. The predicted molar refractivity (Wildman–Crippen MR) is 137 cm³/mol. The van der Waals surface area contributed by atoms with Gasteiger partial charge in [-0.15, -0.1) is 0 Å². The first kappa shape index (κ1) is 22.9. The molecule has 0 bridgehead atoms. The molecule has 1 atom stereocenters. The van der Waals surface area contributed by atoms with Crippen LogP contribution >= 0.6 is 0 Å². The van der Waals surface area contributed by atoms with Crippen LogP contribution in [0.2, 0.25) is 0 Å². The molecule has 4 nitrogen and oxygen atoms in total. The molecule has 0 fully saturated rings. The van der Waals surface area contributed by atoms with Gasteiger partial charge in [-0.3, -0.25) is 4.79 Å². The number of benzene rings is 4. The zero-order valence-corrected chi connectivity index (χ0v) is 20.0. The number of rotatable bonds is 7. The minimum absolute atomic E-state index is 0.101. The topological polar surface area (TPSA) is 38.8 Å². The maximum absolute atomic E-state index is 14.0. The van der Waals surface area contributed by atoms with E-state index in [1.807, 2.05) is 35.2 Å². The molecule has 4 aromatic rings. The molecule has 1 amide bonds. The van der Waals surface area contributed by atoms with Crippen LogP contribution in [0.15, 0.2) is 78.9 Å². The van der Waals surface area contributed by atoms with E-state index in [1.165, 1.54) is 11.6 Å². The molecule has 1 aliphatic rings. The van der Waals surface area contributed by atoms with E-state index >= 15 is 0 Å². The minimum Gasteiger partial charge on any atom is -0.493 e. The zero-order valence-electron chi connectivity index (χ0n) is 20.0. The monoisotopic (exact) mass is 469 g/mol. The number of anilines is 1. The van der Waals surface area contributed by atoms with Gasteiger partial charge >= 0.3 is 0 Å². The number of halogens is 1. The van der Waals surface area contributed by atoms with Crippen molar-refractivity contribution in [2.24, 2.45) is 0 Å². The summed E-state index contributed by atoms with van der Waals surface area (Å²) in [7, 11) is 1.59. The van der Waals surface area contributed by atoms with Crippen molar-refractivity contribution in [1.82, 2.24) is 0 Å². The van der Waals surface area contributed by atoms with Crippen LogP contribution in [-0.2, 0) is 11.4 Å². The van der Waals surface area contributed by atoms with Gasteiger partial charge < -0.3 is 14.4 Å². The molecule has 0 spiro atoms. The molecular weight excluding hydrogens is 441 g/mol. The molecule has 178 valence electrons. The summed E-state index contributed by atoms with van der Waals surface area (Å²) in [5.74, 6) is 0.810. The number of nitrogens with zero attached hydrogens (tertiary/aromatic N) is 1. The Balaban J connectivity index is 1.54. The van der Waals surface area contributed by atoms with E-state index in [1.54, 1.807) is 25.3 Å². The summed E-state index contributed by atoms with van der Waals surface area (Å²) in [4.78, 5) is 15.1. The van der Waals surface area contributed by atoms with Crippen molar-refractivity contribution in [2.75, 3.05) is 18.6 Å². The summed E-state index contributed by atoms with van der Waals surface area (Å²) < 4.78 is 25.6. The van der Waals surface area contributed by atoms with Gasteiger partial charge in [-0.05, 0) is 52.6 Å². The third-order valence-corrected chi connectivity index (χ3v) is 6.65. The maximum Gasteiger partial charge on any atom is 0.227 e. The average Bonchev–Trinajstić information content (AvgIpc) is 2.89. The number of hydrogen-bond acceptors (Lipinski definition) is 3. The number of ether oxygens (including phenoxy) is 2. The highest BCUT2D eigenvalue weighted by atomic mass is 19.1. The minimum atomic E-state index is -0.302. The third kappa shape index (κ3) is 4.34. The summed E-state index contributed by atoms with van der Waals surface area (Å²) in [6, 6.07) is 24.8. The Morgan fingerprint density at radius 1 is 0.971 bits per heavy atom. The van der Waals surface area contributed by atoms with E-state index in [0.717, 1.165) is 28.4 Å². The molecule has 35 heavy (non-hydrogen) atoms. The normalized spacial score (nSPS) is 15.2. The van der Waals surface area contributed by atoms with Crippen LogP contribution in [0.3, 0.4) is 0 Å². The van der Waals surface area contributed by atoms with Crippen molar-refractivity contribution in [3.63, 3.8) is 0 Å². The van der Waals surface area contributed by atoms with Crippen molar-refractivity contribution in [2.45, 2.75) is 32.3 Å². The lowest BCUT2D eigenvalue weighted by molar-refractivity contribution is -0.119. The van der Waals surface area contributed by atoms with Gasteiger partial charge in [0, 0.05) is 30.1 Å². The molecule has 5 heteroatoms. The first-order chi connectivity index (χ1) is 17.1. The Morgan fingerprint density at radius 2 is 1.77 bits per heavy atom. The average molecular weight is 470 g/mol. The van der Waals surface area contributed by atoms with Gasteiger partial charge in [-0.1, -0.05) is 61.5 Å². The van der Waals surface area contributed by atoms with E-state index in [9.17, 15) is 9.18 Å². The third-order valence-electron chi connectivity index (χ3n) is 6.65. The largest absolute Gasteiger partial charge is 0.493 e. The highest BCUT2D eigenvalue weighted by Crippen LogP contribution is 2.45. The molecule has 0 saturated heterocycles. The second-order valence-corrected chi connectivity index (χ2v) is 8.81. The quantitative estimate of drug-likeness (QED) is 0.297. The van der Waals surface area contributed by atoms with Gasteiger partial charge in [0.1, 0.15) is 12.4 Å². The second-order valence-electron chi connectivity index (χ2n) is 8.81. The number of fused-ring (bicyclic) bond motifs is 3. The first-order valence-corrected chi connectivity index (χ1v) is 12.0. The van der Waals surface area contributed by atoms with Gasteiger partial charge in [0.2, 0.25) is 5.91 Å². The Labute approximate surface area is 204 Å². The maximum atomic E-state index is 14.0. The summed E-state index contributed by atoms with van der Waals surface area (Å²) in [5.41, 5.74) is 3.61. The van der Waals surface area contributed by atoms with E-state index in [2.05, 4.69) is 31.2 Å². The second kappa shape index (κ2) is 9.79. The van der Waals surface area contributed by atoms with Gasteiger partial charge in [0.15, 0.2) is 11.5 Å². The SMILES string of the molecule is CCCN1C(=O)CC(c2ccc(OCc3ccccc3F)c(OC)c2)c2c1ccc1ccccc21. The Morgan fingerprint density at radius 3 is 2.57 bits per heavy atom. The first-order valence-electron chi connectivity index (χ1n) is 12.0. The Bertz CT molecular complexity index is 1380. The number of hydrogen-bond donors (Lipinski definition) is 0. The summed E-state index contributed by atoms with van der Waals surface area (Å²) in [5, 5.41) is 2.31. The number of carbonyl (C=O) groups is 1. The standard InChI is InChI=1S/C30H28FNO3/c1-3-16-32-26-14-12-20-8-4-6-10-23(20)30(26)24(18-29(32)33)21-13-15-27(28(17-21)34-2)35-19-22-9-5-7-11-25(22)31/h4-15,17,24H,3,16,18-19H2,1-2H3. The fraction of sp³-hybridized carbons (Fsp3) is 0.233. The van der Waals surface area contributed by atoms with Crippen LogP contribution < -0.4 is 14.4 Å². The van der Waals surface area contributed by atoms with Crippen molar-refractivity contribution in [1.29, 1.82) is 0 Å². The molecule has 1 unspecified atom stereocenters. The molecule has 0 aliphatic carbocycles. The lowest BCUT2D eigenvalue weighted by Crippen LogP contribution is -2.37. The molecule has 0 aromatic heterocycles. The van der Waals surface area contributed by atoms with Crippen molar-refractivity contribution in [3.05, 3.63) is 101 Å². The molecular formula is C30H28FNO3. The van der Waals surface area contributed by atoms with Crippen LogP contribution in [0.5, 0.6) is 11.5 Å². The summed E-state index contributed by atoms with van der Waals surface area (Å²) in [6.07, 6.45) is 1.28. The highest BCUT2D eigenvalue weighted by molar-refractivity contribution is 6.03. The number of methoxy groups -OCH3 is 1. The van der Waals surface area contributed by atoms with Gasteiger partial charge in [0.25, 0.3) is 0 Å². The predicted octanol–water partition coefficient (Wildman–Crippen LogP) is 6.85. The van der Waals surface area contributed by atoms with Crippen LogP contribution in [-0.4, -0.2) is 19.6 Å². The molecule has 5 rings (SSSR count). The van der Waals surface area contributed by atoms with Crippen molar-refractivity contribution >= 4 is 22.4 Å². The van der Waals surface area contributed by atoms with Crippen molar-refractivity contribution in [3.8, 4) is 11.5 Å². The smallest absolute Gasteiger partial charge is 0.227 e. The van der Waals surface area contributed by atoms with E-state index in [4.69, 9.17) is 9.47 Å². The van der Waals surface area contributed by atoms with Crippen LogP contribution in [0.25, 0.3) is 10.8 Å². The molecule has 1 heterocycles. The lowest BCUT2D eigenvalue weighted by atomic mass is 9.81.